The van der Waals surface area contributed by atoms with Gasteiger partial charge in [0, 0.05) is 20.2 Å². The first kappa shape index (κ1) is 10.9. The van der Waals surface area contributed by atoms with E-state index in [1.165, 1.54) is 0 Å². The minimum Gasteiger partial charge on any atom is -0.396 e. The van der Waals surface area contributed by atoms with Gasteiger partial charge in [0.2, 0.25) is 17.2 Å². The lowest BCUT2D eigenvalue weighted by Crippen LogP contribution is -2.09. The Morgan fingerprint density at radius 2 is 2.00 bits per heavy atom. The second-order valence-corrected chi connectivity index (χ2v) is 2.84. The fourth-order valence-corrected chi connectivity index (χ4v) is 0.980. The number of rotatable bonds is 5. The van der Waals surface area contributed by atoms with Gasteiger partial charge in [-0.1, -0.05) is 0 Å². The van der Waals surface area contributed by atoms with Crippen molar-refractivity contribution in [3.05, 3.63) is 5.28 Å². The van der Waals surface area contributed by atoms with E-state index >= 15 is 0 Å². The third kappa shape index (κ3) is 3.31. The lowest BCUT2D eigenvalue weighted by Gasteiger charge is -2.04. The minimum atomic E-state index is 0.130. The standard InChI is InChI=1S/C7H12ClN5O/c1-9-6-11-5(8)12-7(13-6)10-3-2-4-14/h14H,2-4H2,1H3,(H2,9,10,11,12,13). The molecule has 0 spiro atoms. The van der Waals surface area contributed by atoms with Crippen LogP contribution in [0.5, 0.6) is 0 Å². The maximum atomic E-state index is 8.57. The first-order chi connectivity index (χ1) is 6.76. The van der Waals surface area contributed by atoms with Crippen LogP contribution in [0.15, 0.2) is 0 Å². The molecule has 0 aliphatic carbocycles. The Balaban J connectivity index is 2.62. The Morgan fingerprint density at radius 1 is 1.29 bits per heavy atom. The van der Waals surface area contributed by atoms with Gasteiger partial charge < -0.3 is 15.7 Å². The normalized spacial score (nSPS) is 9.93. The Morgan fingerprint density at radius 3 is 2.64 bits per heavy atom. The highest BCUT2D eigenvalue weighted by Gasteiger charge is 2.01. The van der Waals surface area contributed by atoms with Gasteiger partial charge in [0.25, 0.3) is 0 Å². The zero-order valence-electron chi connectivity index (χ0n) is 7.79. The number of aliphatic hydroxyl groups excluding tert-OH is 1. The van der Waals surface area contributed by atoms with E-state index in [9.17, 15) is 0 Å². The molecule has 0 atom stereocenters. The molecule has 0 amide bonds. The van der Waals surface area contributed by atoms with E-state index in [0.717, 1.165) is 0 Å². The Bertz CT molecular complexity index is 295. The second-order valence-electron chi connectivity index (χ2n) is 2.51. The summed E-state index contributed by atoms with van der Waals surface area (Å²) in [6, 6.07) is 0. The summed E-state index contributed by atoms with van der Waals surface area (Å²) < 4.78 is 0. The number of hydrogen-bond acceptors (Lipinski definition) is 6. The van der Waals surface area contributed by atoms with Crippen LogP contribution >= 0.6 is 11.6 Å². The van der Waals surface area contributed by atoms with E-state index in [2.05, 4.69) is 25.6 Å². The lowest BCUT2D eigenvalue weighted by molar-refractivity contribution is 0.292. The Labute approximate surface area is 86.7 Å². The van der Waals surface area contributed by atoms with Crippen LogP contribution in [0.25, 0.3) is 0 Å². The molecule has 0 unspecified atom stereocenters. The number of hydrogen-bond donors (Lipinski definition) is 3. The van der Waals surface area contributed by atoms with Gasteiger partial charge in [-0.05, 0) is 18.0 Å². The van der Waals surface area contributed by atoms with Crippen molar-refractivity contribution in [2.24, 2.45) is 0 Å². The Hall–Kier alpha value is -1.14. The fraction of sp³-hybridized carbons (Fsp3) is 0.571. The Kier molecular flexibility index (Phi) is 4.34. The molecule has 14 heavy (non-hydrogen) atoms. The number of aliphatic hydroxyl groups is 1. The van der Waals surface area contributed by atoms with Crippen molar-refractivity contribution in [2.75, 3.05) is 30.8 Å². The van der Waals surface area contributed by atoms with Crippen molar-refractivity contribution in [2.45, 2.75) is 6.42 Å². The SMILES string of the molecule is CNc1nc(Cl)nc(NCCCO)n1. The van der Waals surface area contributed by atoms with Gasteiger partial charge in [0.15, 0.2) is 0 Å². The van der Waals surface area contributed by atoms with Gasteiger partial charge in [-0.2, -0.15) is 15.0 Å². The average Bonchev–Trinajstić information content (AvgIpc) is 2.17. The van der Waals surface area contributed by atoms with Crippen molar-refractivity contribution >= 4 is 23.5 Å². The van der Waals surface area contributed by atoms with Gasteiger partial charge in [0.1, 0.15) is 0 Å². The molecule has 6 nitrogen and oxygen atoms in total. The van der Waals surface area contributed by atoms with Crippen molar-refractivity contribution < 1.29 is 5.11 Å². The smallest absolute Gasteiger partial charge is 0.228 e. The number of nitrogens with zero attached hydrogens (tertiary/aromatic N) is 3. The zero-order valence-corrected chi connectivity index (χ0v) is 8.54. The molecule has 78 valence electrons. The molecule has 0 aromatic carbocycles. The highest BCUT2D eigenvalue weighted by atomic mass is 35.5. The summed E-state index contributed by atoms with van der Waals surface area (Å²) in [4.78, 5) is 11.7. The quantitative estimate of drug-likeness (QED) is 0.618. The molecule has 1 heterocycles. The second kappa shape index (κ2) is 5.56. The van der Waals surface area contributed by atoms with E-state index in [1.807, 2.05) is 0 Å². The zero-order chi connectivity index (χ0) is 10.4. The molecule has 7 heteroatoms. The first-order valence-corrected chi connectivity index (χ1v) is 4.58. The van der Waals surface area contributed by atoms with Crippen molar-refractivity contribution in [1.82, 2.24) is 15.0 Å². The van der Waals surface area contributed by atoms with Crippen LogP contribution in [-0.2, 0) is 0 Å². The molecule has 1 aromatic heterocycles. The van der Waals surface area contributed by atoms with E-state index in [1.54, 1.807) is 7.05 Å². The maximum Gasteiger partial charge on any atom is 0.228 e. The third-order valence-electron chi connectivity index (χ3n) is 1.45. The molecule has 0 radical (unpaired) electrons. The molecule has 0 aliphatic heterocycles. The summed E-state index contributed by atoms with van der Waals surface area (Å²) in [6.07, 6.45) is 0.637. The predicted molar refractivity (Wildman–Crippen MR) is 54.6 cm³/mol. The van der Waals surface area contributed by atoms with Gasteiger partial charge in [-0.3, -0.25) is 0 Å². The van der Waals surface area contributed by atoms with E-state index < -0.39 is 0 Å². The van der Waals surface area contributed by atoms with Crippen molar-refractivity contribution in [1.29, 1.82) is 0 Å². The number of halogens is 1. The van der Waals surface area contributed by atoms with E-state index in [0.29, 0.717) is 24.9 Å². The fourth-order valence-electron chi connectivity index (χ4n) is 0.820. The summed E-state index contributed by atoms with van der Waals surface area (Å²) in [5.41, 5.74) is 0. The van der Waals surface area contributed by atoms with Crippen LogP contribution in [0.3, 0.4) is 0 Å². The maximum absolute atomic E-state index is 8.57. The number of anilines is 2. The molecule has 0 bridgehead atoms. The van der Waals surface area contributed by atoms with Crippen LogP contribution in [0.4, 0.5) is 11.9 Å². The van der Waals surface area contributed by atoms with Gasteiger partial charge >= 0.3 is 0 Å². The minimum absolute atomic E-state index is 0.130. The van der Waals surface area contributed by atoms with Crippen LogP contribution in [0, 0.1) is 0 Å². The third-order valence-corrected chi connectivity index (χ3v) is 1.62. The summed E-state index contributed by atoms with van der Waals surface area (Å²) in [5, 5.41) is 14.4. The summed E-state index contributed by atoms with van der Waals surface area (Å²) in [7, 11) is 1.70. The largest absolute Gasteiger partial charge is 0.396 e. The summed E-state index contributed by atoms with van der Waals surface area (Å²) >= 11 is 5.65. The highest BCUT2D eigenvalue weighted by Crippen LogP contribution is 2.08. The number of nitrogens with one attached hydrogen (secondary N) is 2. The summed E-state index contributed by atoms with van der Waals surface area (Å²) in [5.74, 6) is 0.819. The van der Waals surface area contributed by atoms with Crippen LogP contribution in [0.1, 0.15) is 6.42 Å². The van der Waals surface area contributed by atoms with Gasteiger partial charge in [-0.15, -0.1) is 0 Å². The van der Waals surface area contributed by atoms with Gasteiger partial charge in [-0.25, -0.2) is 0 Å². The van der Waals surface area contributed by atoms with Crippen LogP contribution in [-0.4, -0.2) is 40.3 Å². The monoisotopic (exact) mass is 217 g/mol. The highest BCUT2D eigenvalue weighted by molar-refractivity contribution is 6.28. The molecule has 0 fully saturated rings. The van der Waals surface area contributed by atoms with Crippen molar-refractivity contribution in [3.8, 4) is 0 Å². The molecule has 0 saturated carbocycles. The summed E-state index contributed by atoms with van der Waals surface area (Å²) in [6.45, 7) is 0.727. The average molecular weight is 218 g/mol. The molecular formula is C7H12ClN5O. The molecule has 0 saturated heterocycles. The van der Waals surface area contributed by atoms with E-state index in [-0.39, 0.29) is 11.9 Å². The van der Waals surface area contributed by atoms with Crippen LogP contribution < -0.4 is 10.6 Å². The molecular weight excluding hydrogens is 206 g/mol. The molecule has 0 aliphatic rings. The van der Waals surface area contributed by atoms with Crippen molar-refractivity contribution in [3.63, 3.8) is 0 Å². The lowest BCUT2D eigenvalue weighted by atomic mass is 10.4. The van der Waals surface area contributed by atoms with E-state index in [4.69, 9.17) is 16.7 Å². The van der Waals surface area contributed by atoms with Crippen LogP contribution in [0.2, 0.25) is 5.28 Å². The molecule has 3 N–H and O–H groups in total. The predicted octanol–water partition coefficient (Wildman–Crippen LogP) is 0.361. The topological polar surface area (TPSA) is 83.0 Å². The molecule has 1 aromatic rings. The number of aromatic nitrogens is 3. The van der Waals surface area contributed by atoms with Gasteiger partial charge in [0.05, 0.1) is 0 Å². The molecule has 1 rings (SSSR count). The first-order valence-electron chi connectivity index (χ1n) is 4.20.